The Morgan fingerprint density at radius 2 is 1.44 bits per heavy atom. The van der Waals surface area contributed by atoms with E-state index >= 15 is 0 Å². The molecule has 0 radical (unpaired) electrons. The maximum Gasteiger partial charge on any atom is 0.338 e. The molecule has 3 aliphatic rings. The molecule has 222 valence electrons. The molecule has 2 bridgehead atoms. The molecule has 8 heteroatoms. The minimum Gasteiger partial charge on any atom is -0.462 e. The van der Waals surface area contributed by atoms with Gasteiger partial charge in [0, 0.05) is 39.0 Å². The van der Waals surface area contributed by atoms with E-state index in [1.54, 1.807) is 24.3 Å². The monoisotopic (exact) mass is 566 g/mol. The summed E-state index contributed by atoms with van der Waals surface area (Å²) in [6, 6.07) is 8.77. The van der Waals surface area contributed by atoms with Crippen LogP contribution in [-0.4, -0.2) is 48.3 Å². The Labute approximate surface area is 242 Å². The average Bonchev–Trinajstić information content (AvgIpc) is 2.84. The van der Waals surface area contributed by atoms with Crippen molar-refractivity contribution in [2.24, 2.45) is 22.7 Å². The van der Waals surface area contributed by atoms with Crippen LogP contribution in [0.3, 0.4) is 0 Å². The van der Waals surface area contributed by atoms with E-state index in [0.717, 1.165) is 11.1 Å². The molecule has 0 N–H and O–H groups in total. The average molecular weight is 567 g/mol. The van der Waals surface area contributed by atoms with Gasteiger partial charge < -0.3 is 18.9 Å². The first kappa shape index (κ1) is 30.5. The standard InChI is InChI=1S/C33H42O8/c1-18-16-25(39-21(4)35)29-30(41-31(37)23-12-10-9-11-13-23)28-19(2)24(38-20(3)34)14-15-33(28,8)17-26(40-22(5)36)27(18)32(29,6)7/h9-13,24-26,28-30H,2,14-17H2,1,3-8H3/t24-,25-,26-,28-,29-,30-,33-/m0/s1. The lowest BCUT2D eigenvalue weighted by atomic mass is 9.50. The van der Waals surface area contributed by atoms with Crippen LogP contribution in [-0.2, 0) is 33.3 Å². The smallest absolute Gasteiger partial charge is 0.338 e. The summed E-state index contributed by atoms with van der Waals surface area (Å²) in [5.74, 6) is -2.72. The van der Waals surface area contributed by atoms with Gasteiger partial charge in [0.25, 0.3) is 0 Å². The zero-order chi connectivity index (χ0) is 30.3. The fraction of sp³-hybridized carbons (Fsp3) is 0.576. The van der Waals surface area contributed by atoms with Gasteiger partial charge in [0.2, 0.25) is 0 Å². The van der Waals surface area contributed by atoms with E-state index in [9.17, 15) is 19.2 Å². The van der Waals surface area contributed by atoms with Gasteiger partial charge in [0.15, 0.2) is 0 Å². The van der Waals surface area contributed by atoms with Gasteiger partial charge in [-0.05, 0) is 60.3 Å². The molecule has 0 spiro atoms. The van der Waals surface area contributed by atoms with Gasteiger partial charge in [-0.15, -0.1) is 0 Å². The third kappa shape index (κ3) is 5.97. The third-order valence-electron chi connectivity index (χ3n) is 9.28. The molecule has 2 saturated carbocycles. The van der Waals surface area contributed by atoms with Gasteiger partial charge >= 0.3 is 23.9 Å². The van der Waals surface area contributed by atoms with Crippen LogP contribution in [0, 0.1) is 22.7 Å². The quantitative estimate of drug-likeness (QED) is 0.252. The van der Waals surface area contributed by atoms with E-state index in [1.807, 2.05) is 26.8 Å². The van der Waals surface area contributed by atoms with E-state index in [-0.39, 0.29) is 5.97 Å². The second-order valence-electron chi connectivity index (χ2n) is 12.7. The number of hydrogen-bond donors (Lipinski definition) is 0. The van der Waals surface area contributed by atoms with Crippen LogP contribution in [0.1, 0.15) is 84.5 Å². The predicted octanol–water partition coefficient (Wildman–Crippen LogP) is 5.75. The van der Waals surface area contributed by atoms with Gasteiger partial charge in [-0.2, -0.15) is 0 Å². The van der Waals surface area contributed by atoms with Crippen LogP contribution in [0.2, 0.25) is 0 Å². The maximum absolute atomic E-state index is 13.7. The highest BCUT2D eigenvalue weighted by Gasteiger charge is 2.61. The summed E-state index contributed by atoms with van der Waals surface area (Å²) < 4.78 is 24.2. The fourth-order valence-corrected chi connectivity index (χ4v) is 7.94. The number of carbonyl (C=O) groups excluding carboxylic acids is 4. The number of fused-ring (bicyclic) bond motifs is 3. The number of ether oxygens (including phenoxy) is 4. The first-order valence-electron chi connectivity index (χ1n) is 14.3. The molecule has 0 saturated heterocycles. The minimum absolute atomic E-state index is 0.384. The second kappa shape index (κ2) is 11.5. The normalized spacial score (nSPS) is 32.5. The molecule has 0 amide bonds. The summed E-state index contributed by atoms with van der Waals surface area (Å²) in [6.45, 7) is 16.7. The molecule has 0 aromatic heterocycles. The molecule has 4 rings (SSSR count). The molecule has 41 heavy (non-hydrogen) atoms. The van der Waals surface area contributed by atoms with Crippen LogP contribution < -0.4 is 0 Å². The van der Waals surface area contributed by atoms with E-state index in [1.165, 1.54) is 20.8 Å². The minimum atomic E-state index is -0.778. The number of esters is 4. The van der Waals surface area contributed by atoms with Crippen LogP contribution in [0.4, 0.5) is 0 Å². The Bertz CT molecular complexity index is 1260. The largest absolute Gasteiger partial charge is 0.462 e. The lowest BCUT2D eigenvalue weighted by molar-refractivity contribution is -0.172. The highest BCUT2D eigenvalue weighted by atomic mass is 16.6. The molecule has 0 aliphatic heterocycles. The maximum atomic E-state index is 13.7. The van der Waals surface area contributed by atoms with Gasteiger partial charge in [-0.3, -0.25) is 14.4 Å². The number of benzene rings is 1. The van der Waals surface area contributed by atoms with Gasteiger partial charge in [0.05, 0.1) is 5.56 Å². The van der Waals surface area contributed by atoms with Gasteiger partial charge in [-0.25, -0.2) is 4.79 Å². The second-order valence-corrected chi connectivity index (χ2v) is 12.7. The first-order chi connectivity index (χ1) is 19.2. The molecule has 2 fully saturated rings. The Hall–Kier alpha value is -3.42. The number of hydrogen-bond acceptors (Lipinski definition) is 8. The van der Waals surface area contributed by atoms with Crippen molar-refractivity contribution in [3.8, 4) is 0 Å². The fourth-order valence-electron chi connectivity index (χ4n) is 7.94. The van der Waals surface area contributed by atoms with Crippen molar-refractivity contribution in [1.29, 1.82) is 0 Å². The summed E-state index contributed by atoms with van der Waals surface area (Å²) >= 11 is 0. The molecule has 3 aliphatic carbocycles. The van der Waals surface area contributed by atoms with Crippen molar-refractivity contribution in [3.05, 3.63) is 59.2 Å². The zero-order valence-corrected chi connectivity index (χ0v) is 25.2. The molecular weight excluding hydrogens is 524 g/mol. The molecular formula is C33H42O8. The van der Waals surface area contributed by atoms with E-state index in [4.69, 9.17) is 18.9 Å². The van der Waals surface area contributed by atoms with Crippen LogP contribution in [0.5, 0.6) is 0 Å². The van der Waals surface area contributed by atoms with Crippen molar-refractivity contribution in [1.82, 2.24) is 0 Å². The van der Waals surface area contributed by atoms with Gasteiger partial charge in [-0.1, -0.05) is 51.1 Å². The van der Waals surface area contributed by atoms with Crippen LogP contribution >= 0.6 is 0 Å². The van der Waals surface area contributed by atoms with Crippen molar-refractivity contribution in [3.63, 3.8) is 0 Å². The van der Waals surface area contributed by atoms with Crippen molar-refractivity contribution < 1.29 is 38.1 Å². The summed E-state index contributed by atoms with van der Waals surface area (Å²) in [5, 5.41) is 0. The van der Waals surface area contributed by atoms with E-state index in [0.29, 0.717) is 36.8 Å². The van der Waals surface area contributed by atoms with Crippen molar-refractivity contribution in [2.45, 2.75) is 98.6 Å². The zero-order valence-electron chi connectivity index (χ0n) is 25.2. The molecule has 0 heterocycles. The molecule has 8 nitrogen and oxygen atoms in total. The third-order valence-corrected chi connectivity index (χ3v) is 9.28. The van der Waals surface area contributed by atoms with E-state index < -0.39 is 65.0 Å². The molecule has 0 unspecified atom stereocenters. The topological polar surface area (TPSA) is 105 Å². The van der Waals surface area contributed by atoms with E-state index in [2.05, 4.69) is 13.5 Å². The van der Waals surface area contributed by atoms with Crippen LogP contribution in [0.25, 0.3) is 0 Å². The lowest BCUT2D eigenvalue weighted by Crippen LogP contribution is -2.60. The SMILES string of the molecule is C=C1[C@@H](OC(C)=O)CC[C@@]2(C)C[C@H](OC(C)=O)C3=C(C)C[C@H](OC(C)=O)[C@@H]([C@@H](OC(=O)c4ccccc4)[C@H]12)C3(C)C. The summed E-state index contributed by atoms with van der Waals surface area (Å²) in [5.41, 5.74) is 1.75. The van der Waals surface area contributed by atoms with Crippen molar-refractivity contribution >= 4 is 23.9 Å². The number of carbonyl (C=O) groups is 4. The Balaban J connectivity index is 1.95. The van der Waals surface area contributed by atoms with Crippen molar-refractivity contribution in [2.75, 3.05) is 0 Å². The lowest BCUT2D eigenvalue weighted by Gasteiger charge is -2.58. The first-order valence-corrected chi connectivity index (χ1v) is 14.3. The predicted molar refractivity (Wildman–Crippen MR) is 151 cm³/mol. The Morgan fingerprint density at radius 3 is 2.02 bits per heavy atom. The number of rotatable bonds is 5. The Kier molecular flexibility index (Phi) is 8.53. The van der Waals surface area contributed by atoms with Gasteiger partial charge in [0.1, 0.15) is 24.4 Å². The molecule has 1 aromatic rings. The summed E-state index contributed by atoms with van der Waals surface area (Å²) in [6.07, 6.45) is -0.445. The molecule has 1 aromatic carbocycles. The highest BCUT2D eigenvalue weighted by molar-refractivity contribution is 5.89. The van der Waals surface area contributed by atoms with Crippen LogP contribution in [0.15, 0.2) is 53.6 Å². The molecule has 7 atom stereocenters. The summed E-state index contributed by atoms with van der Waals surface area (Å²) in [4.78, 5) is 50.6. The summed E-state index contributed by atoms with van der Waals surface area (Å²) in [7, 11) is 0. The Morgan fingerprint density at radius 1 is 0.854 bits per heavy atom. The highest BCUT2D eigenvalue weighted by Crippen LogP contribution is 2.60.